The molecule has 0 aliphatic carbocycles. The van der Waals surface area contributed by atoms with Gasteiger partial charge in [-0.3, -0.25) is 14.4 Å². The van der Waals surface area contributed by atoms with E-state index in [1.54, 1.807) is 30.3 Å². The van der Waals surface area contributed by atoms with Gasteiger partial charge in [-0.2, -0.15) is 24.4 Å². The number of thioether (sulfide) groups is 1. The van der Waals surface area contributed by atoms with Crippen molar-refractivity contribution in [2.75, 3.05) is 24.4 Å². The fourth-order valence-electron chi connectivity index (χ4n) is 2.65. The highest BCUT2D eigenvalue weighted by atomic mass is 32.2. The Morgan fingerprint density at radius 3 is 2.09 bits per heavy atom. The fourth-order valence-corrected chi connectivity index (χ4v) is 3.38. The van der Waals surface area contributed by atoms with Crippen LogP contribution < -0.4 is 21.7 Å². The third-order valence-corrected chi connectivity index (χ3v) is 5.50. The second-order valence-corrected chi connectivity index (χ2v) is 8.32. The minimum atomic E-state index is -1.21. The van der Waals surface area contributed by atoms with Gasteiger partial charge in [0.05, 0.1) is 6.61 Å². The molecule has 0 saturated heterocycles. The third-order valence-electron chi connectivity index (χ3n) is 4.49. The molecule has 0 spiro atoms. The maximum atomic E-state index is 12.9. The summed E-state index contributed by atoms with van der Waals surface area (Å²) in [5.74, 6) is -2.81. The minimum absolute atomic E-state index is 0.0825. The van der Waals surface area contributed by atoms with Crippen LogP contribution in [0.5, 0.6) is 0 Å². The second kappa shape index (κ2) is 14.7. The van der Waals surface area contributed by atoms with Crippen molar-refractivity contribution in [1.82, 2.24) is 16.0 Å². The van der Waals surface area contributed by atoms with E-state index in [9.17, 15) is 24.3 Å². The largest absolute Gasteiger partial charge is 0.480 e. The van der Waals surface area contributed by atoms with E-state index in [2.05, 4.69) is 28.6 Å². The van der Waals surface area contributed by atoms with E-state index in [1.165, 1.54) is 11.8 Å². The molecule has 0 aromatic heterocycles. The topological polar surface area (TPSA) is 171 Å². The zero-order valence-corrected chi connectivity index (χ0v) is 19.4. The summed E-state index contributed by atoms with van der Waals surface area (Å²) < 4.78 is 0. The lowest BCUT2D eigenvalue weighted by atomic mass is 10.0. The molecule has 0 fully saturated rings. The predicted molar refractivity (Wildman–Crippen MR) is 125 cm³/mol. The van der Waals surface area contributed by atoms with E-state index >= 15 is 0 Å². The van der Waals surface area contributed by atoms with Crippen LogP contribution in [0.2, 0.25) is 0 Å². The number of benzene rings is 1. The van der Waals surface area contributed by atoms with Crippen molar-refractivity contribution in [1.29, 1.82) is 0 Å². The molecule has 0 aliphatic heterocycles. The molecule has 3 amide bonds. The Hall–Kier alpha value is -2.28. The molecule has 7 N–H and O–H groups in total. The van der Waals surface area contributed by atoms with Gasteiger partial charge in [-0.25, -0.2) is 4.79 Å². The molecule has 178 valence electrons. The molecule has 1 aromatic rings. The number of carboxylic acids is 1. The first kappa shape index (κ1) is 27.8. The van der Waals surface area contributed by atoms with E-state index in [1.807, 2.05) is 6.26 Å². The summed E-state index contributed by atoms with van der Waals surface area (Å²) >= 11 is 5.51. The lowest BCUT2D eigenvalue weighted by molar-refractivity contribution is -0.142. The van der Waals surface area contributed by atoms with Gasteiger partial charge in [0.25, 0.3) is 0 Å². The Labute approximate surface area is 196 Å². The molecule has 4 unspecified atom stereocenters. The second-order valence-electron chi connectivity index (χ2n) is 6.96. The molecule has 4 atom stereocenters. The van der Waals surface area contributed by atoms with Crippen LogP contribution >= 0.6 is 24.4 Å². The highest BCUT2D eigenvalue weighted by Gasteiger charge is 2.29. The van der Waals surface area contributed by atoms with Crippen LogP contribution in [0.25, 0.3) is 0 Å². The van der Waals surface area contributed by atoms with Crippen LogP contribution in [0.3, 0.4) is 0 Å². The summed E-state index contributed by atoms with van der Waals surface area (Å²) in [6.45, 7) is -0.599. The minimum Gasteiger partial charge on any atom is -0.480 e. The molecular formula is C20H30N4O6S2. The summed E-state index contributed by atoms with van der Waals surface area (Å²) in [6.07, 6.45) is 2.16. The summed E-state index contributed by atoms with van der Waals surface area (Å²) in [4.78, 5) is 49.1. The van der Waals surface area contributed by atoms with Gasteiger partial charge in [0.1, 0.15) is 24.2 Å². The van der Waals surface area contributed by atoms with Crippen molar-refractivity contribution in [3.63, 3.8) is 0 Å². The smallest absolute Gasteiger partial charge is 0.326 e. The number of nitrogens with one attached hydrogen (secondary N) is 3. The SMILES string of the molecule is CSCCC(NC(=O)C(Cc1ccccc1)NC(=O)C(CS)NC(=O)C(N)CO)C(=O)O. The summed E-state index contributed by atoms with van der Waals surface area (Å²) in [6, 6.07) is 4.38. The van der Waals surface area contributed by atoms with Crippen LogP contribution in [0.15, 0.2) is 30.3 Å². The van der Waals surface area contributed by atoms with Crippen molar-refractivity contribution in [3.05, 3.63) is 35.9 Å². The van der Waals surface area contributed by atoms with Crippen LogP contribution in [-0.2, 0) is 25.6 Å². The molecule has 1 aromatic carbocycles. The highest BCUT2D eigenvalue weighted by molar-refractivity contribution is 7.98. The lowest BCUT2D eigenvalue weighted by Gasteiger charge is -2.24. The van der Waals surface area contributed by atoms with Gasteiger partial charge in [0.2, 0.25) is 17.7 Å². The van der Waals surface area contributed by atoms with E-state index in [0.29, 0.717) is 5.75 Å². The maximum Gasteiger partial charge on any atom is 0.326 e. The standard InChI is InChI=1S/C20H30N4O6S2/c1-32-8-7-14(20(29)30)22-18(27)15(9-12-5-3-2-4-6-12)23-19(28)16(11-31)24-17(26)13(21)10-25/h2-6,13-16,25,31H,7-11,21H2,1H3,(H,22,27)(H,23,28)(H,24,26)(H,29,30). The van der Waals surface area contributed by atoms with Crippen LogP contribution in [0.1, 0.15) is 12.0 Å². The number of carboxylic acid groups (broad SMARTS) is 1. The molecule has 0 heterocycles. The number of aliphatic hydroxyl groups is 1. The number of hydrogen-bond donors (Lipinski definition) is 7. The molecule has 0 aliphatic rings. The molecule has 32 heavy (non-hydrogen) atoms. The Balaban J connectivity index is 2.99. The lowest BCUT2D eigenvalue weighted by Crippen LogP contribution is -2.58. The van der Waals surface area contributed by atoms with Crippen molar-refractivity contribution in [3.8, 4) is 0 Å². The Morgan fingerprint density at radius 1 is 1.00 bits per heavy atom. The molecule has 1 rings (SSSR count). The van der Waals surface area contributed by atoms with Gasteiger partial charge in [-0.05, 0) is 24.0 Å². The first-order valence-electron chi connectivity index (χ1n) is 9.87. The van der Waals surface area contributed by atoms with Gasteiger partial charge in [0, 0.05) is 12.2 Å². The summed E-state index contributed by atoms with van der Waals surface area (Å²) in [7, 11) is 0. The number of carbonyl (C=O) groups is 4. The number of rotatable bonds is 14. The van der Waals surface area contributed by atoms with Gasteiger partial charge >= 0.3 is 5.97 Å². The molecule has 0 radical (unpaired) electrons. The Bertz CT molecular complexity index is 768. The number of carbonyl (C=O) groups excluding carboxylic acids is 3. The van der Waals surface area contributed by atoms with Gasteiger partial charge in [0.15, 0.2) is 0 Å². The zero-order chi connectivity index (χ0) is 24.1. The van der Waals surface area contributed by atoms with Gasteiger partial charge in [-0.15, -0.1) is 0 Å². The van der Waals surface area contributed by atoms with Gasteiger partial charge < -0.3 is 31.9 Å². The fraction of sp³-hybridized carbons (Fsp3) is 0.500. The van der Waals surface area contributed by atoms with Crippen molar-refractivity contribution in [2.24, 2.45) is 5.73 Å². The number of aliphatic hydroxyl groups excluding tert-OH is 1. The predicted octanol–water partition coefficient (Wildman–Crippen LogP) is -1.23. The van der Waals surface area contributed by atoms with Crippen molar-refractivity contribution < 1.29 is 29.4 Å². The average molecular weight is 487 g/mol. The van der Waals surface area contributed by atoms with Gasteiger partial charge in [-0.1, -0.05) is 30.3 Å². The van der Waals surface area contributed by atoms with E-state index in [-0.39, 0.29) is 18.6 Å². The number of nitrogens with two attached hydrogens (primary N) is 1. The highest BCUT2D eigenvalue weighted by Crippen LogP contribution is 2.07. The molecule has 0 saturated carbocycles. The first-order chi connectivity index (χ1) is 15.2. The quantitative estimate of drug-likeness (QED) is 0.160. The van der Waals surface area contributed by atoms with E-state index in [0.717, 1.165) is 5.56 Å². The Kier molecular flexibility index (Phi) is 12.8. The van der Waals surface area contributed by atoms with Crippen molar-refractivity contribution in [2.45, 2.75) is 37.0 Å². The third kappa shape index (κ3) is 9.47. The van der Waals surface area contributed by atoms with Crippen molar-refractivity contribution >= 4 is 48.1 Å². The van der Waals surface area contributed by atoms with Crippen LogP contribution in [-0.4, -0.2) is 82.4 Å². The monoisotopic (exact) mass is 486 g/mol. The zero-order valence-electron chi connectivity index (χ0n) is 17.7. The number of amides is 3. The van der Waals surface area contributed by atoms with E-state index in [4.69, 9.17) is 10.8 Å². The molecule has 10 nitrogen and oxygen atoms in total. The molecule has 0 bridgehead atoms. The summed E-state index contributed by atoms with van der Waals surface area (Å²) in [5.41, 5.74) is 6.20. The average Bonchev–Trinajstić information content (AvgIpc) is 2.79. The van der Waals surface area contributed by atoms with E-state index < -0.39 is 54.5 Å². The number of hydrogen-bond acceptors (Lipinski definition) is 8. The Morgan fingerprint density at radius 2 is 1.56 bits per heavy atom. The van der Waals surface area contributed by atoms with Crippen LogP contribution in [0, 0.1) is 0 Å². The summed E-state index contributed by atoms with van der Waals surface area (Å²) in [5, 5.41) is 25.8. The number of thiol groups is 1. The first-order valence-corrected chi connectivity index (χ1v) is 11.9. The number of aliphatic carboxylic acids is 1. The maximum absolute atomic E-state index is 12.9. The van der Waals surface area contributed by atoms with Crippen LogP contribution in [0.4, 0.5) is 0 Å². The molecule has 12 heteroatoms. The molecular weight excluding hydrogens is 456 g/mol. The normalized spacial score (nSPS) is 14.5.